The van der Waals surface area contributed by atoms with Gasteiger partial charge in [0.05, 0.1) is 6.61 Å². The summed E-state index contributed by atoms with van der Waals surface area (Å²) >= 11 is 0. The molecule has 0 N–H and O–H groups in total. The Labute approximate surface area is 113 Å². The molecular formula is C17H27O. The molecule has 1 heteroatoms. The third-order valence-electron chi connectivity index (χ3n) is 3.07. The van der Waals surface area contributed by atoms with Gasteiger partial charge in [0, 0.05) is 6.61 Å². The maximum Gasteiger partial charge on any atom is 0.0716 e. The van der Waals surface area contributed by atoms with Gasteiger partial charge in [-0.15, -0.1) is 0 Å². The zero-order valence-corrected chi connectivity index (χ0v) is 11.7. The van der Waals surface area contributed by atoms with Crippen molar-refractivity contribution in [2.75, 3.05) is 6.61 Å². The van der Waals surface area contributed by atoms with E-state index in [-0.39, 0.29) is 0 Å². The minimum absolute atomic E-state index is 0.747. The molecule has 18 heavy (non-hydrogen) atoms. The summed E-state index contributed by atoms with van der Waals surface area (Å²) in [6, 6.07) is 10.4. The zero-order valence-electron chi connectivity index (χ0n) is 11.7. The zero-order chi connectivity index (χ0) is 12.9. The largest absolute Gasteiger partial charge is 0.377 e. The Morgan fingerprint density at radius 1 is 0.944 bits per heavy atom. The van der Waals surface area contributed by atoms with Gasteiger partial charge in [-0.05, 0) is 24.8 Å². The second kappa shape index (κ2) is 11.3. The van der Waals surface area contributed by atoms with Gasteiger partial charge in [-0.3, -0.25) is 0 Å². The number of rotatable bonds is 11. The van der Waals surface area contributed by atoms with Crippen LogP contribution < -0.4 is 0 Å². The maximum atomic E-state index is 5.64. The van der Waals surface area contributed by atoms with Crippen LogP contribution in [0, 0.1) is 6.42 Å². The van der Waals surface area contributed by atoms with E-state index in [9.17, 15) is 0 Å². The van der Waals surface area contributed by atoms with Gasteiger partial charge in [0.25, 0.3) is 0 Å². The fraction of sp³-hybridized carbons (Fsp3) is 0.588. The summed E-state index contributed by atoms with van der Waals surface area (Å²) in [6.07, 6.45) is 11.5. The third kappa shape index (κ3) is 8.30. The van der Waals surface area contributed by atoms with Gasteiger partial charge in [0.15, 0.2) is 0 Å². The Balaban J connectivity index is 1.82. The lowest BCUT2D eigenvalue weighted by Gasteiger charge is -2.04. The lowest BCUT2D eigenvalue weighted by molar-refractivity contribution is 0.118. The Morgan fingerprint density at radius 2 is 1.72 bits per heavy atom. The topological polar surface area (TPSA) is 9.23 Å². The molecule has 1 rings (SSSR count). The monoisotopic (exact) mass is 247 g/mol. The first-order valence-electron chi connectivity index (χ1n) is 7.37. The highest BCUT2D eigenvalue weighted by atomic mass is 16.5. The standard InChI is InChI=1S/C17H27O/c1-2-3-4-5-6-7-8-12-15-18-16-17-13-10-9-11-14-17/h7,9-11,13-14H,2-6,8,12,15-16H2,1H3. The predicted molar refractivity (Wildman–Crippen MR) is 78.4 cm³/mol. The fourth-order valence-electron chi connectivity index (χ4n) is 1.95. The molecule has 1 nitrogen and oxygen atoms in total. The van der Waals surface area contributed by atoms with Crippen LogP contribution in [-0.2, 0) is 11.3 Å². The van der Waals surface area contributed by atoms with E-state index in [0.717, 1.165) is 19.6 Å². The highest BCUT2D eigenvalue weighted by molar-refractivity contribution is 5.13. The summed E-state index contributed by atoms with van der Waals surface area (Å²) in [5.41, 5.74) is 1.26. The maximum absolute atomic E-state index is 5.64. The Kier molecular flexibility index (Phi) is 9.55. The van der Waals surface area contributed by atoms with E-state index < -0.39 is 0 Å². The molecule has 101 valence electrons. The van der Waals surface area contributed by atoms with Crippen molar-refractivity contribution in [3.63, 3.8) is 0 Å². The molecule has 0 heterocycles. The molecule has 0 saturated carbocycles. The van der Waals surface area contributed by atoms with Gasteiger partial charge in [-0.1, -0.05) is 69.4 Å². The summed E-state index contributed by atoms with van der Waals surface area (Å²) in [6.45, 7) is 3.88. The second-order valence-electron chi connectivity index (χ2n) is 4.82. The van der Waals surface area contributed by atoms with Crippen molar-refractivity contribution in [2.24, 2.45) is 0 Å². The molecule has 0 saturated heterocycles. The lowest BCUT2D eigenvalue weighted by Crippen LogP contribution is -1.95. The Bertz CT molecular complexity index is 268. The SMILES string of the molecule is CCCCCC[CH]CCCOCc1ccccc1. The number of hydrogen-bond acceptors (Lipinski definition) is 1. The molecule has 0 atom stereocenters. The molecular weight excluding hydrogens is 220 g/mol. The van der Waals surface area contributed by atoms with Gasteiger partial charge in [-0.25, -0.2) is 0 Å². The molecule has 0 aliphatic carbocycles. The van der Waals surface area contributed by atoms with Gasteiger partial charge in [0.1, 0.15) is 0 Å². The van der Waals surface area contributed by atoms with Crippen molar-refractivity contribution in [3.05, 3.63) is 42.3 Å². The van der Waals surface area contributed by atoms with E-state index in [0.29, 0.717) is 0 Å². The van der Waals surface area contributed by atoms with E-state index in [1.54, 1.807) is 0 Å². The first-order valence-corrected chi connectivity index (χ1v) is 7.37. The van der Waals surface area contributed by atoms with Crippen LogP contribution in [0.2, 0.25) is 0 Å². The number of ether oxygens (including phenoxy) is 1. The van der Waals surface area contributed by atoms with Crippen LogP contribution in [0.15, 0.2) is 30.3 Å². The summed E-state index contributed by atoms with van der Waals surface area (Å²) in [5.74, 6) is 0. The Hall–Kier alpha value is -0.820. The van der Waals surface area contributed by atoms with Crippen LogP contribution in [-0.4, -0.2) is 6.61 Å². The van der Waals surface area contributed by atoms with Crippen molar-refractivity contribution in [3.8, 4) is 0 Å². The van der Waals surface area contributed by atoms with Gasteiger partial charge in [-0.2, -0.15) is 0 Å². The summed E-state index contributed by atoms with van der Waals surface area (Å²) in [5, 5.41) is 0. The number of hydrogen-bond donors (Lipinski definition) is 0. The molecule has 0 fully saturated rings. The molecule has 0 aromatic heterocycles. The molecule has 0 amide bonds. The van der Waals surface area contributed by atoms with Gasteiger partial charge < -0.3 is 4.74 Å². The van der Waals surface area contributed by atoms with Crippen molar-refractivity contribution in [2.45, 2.75) is 58.5 Å². The first kappa shape index (κ1) is 15.2. The fourth-order valence-corrected chi connectivity index (χ4v) is 1.95. The Morgan fingerprint density at radius 3 is 2.50 bits per heavy atom. The average Bonchev–Trinajstić information content (AvgIpc) is 2.42. The molecule has 0 unspecified atom stereocenters. The van der Waals surface area contributed by atoms with E-state index in [4.69, 9.17) is 4.74 Å². The van der Waals surface area contributed by atoms with Crippen LogP contribution >= 0.6 is 0 Å². The van der Waals surface area contributed by atoms with E-state index in [1.165, 1.54) is 44.1 Å². The van der Waals surface area contributed by atoms with Crippen LogP contribution in [0.5, 0.6) is 0 Å². The molecule has 0 bridgehead atoms. The van der Waals surface area contributed by atoms with E-state index >= 15 is 0 Å². The summed E-state index contributed by atoms with van der Waals surface area (Å²) in [7, 11) is 0. The van der Waals surface area contributed by atoms with Crippen LogP contribution in [0.25, 0.3) is 0 Å². The van der Waals surface area contributed by atoms with Crippen molar-refractivity contribution in [1.82, 2.24) is 0 Å². The minimum atomic E-state index is 0.747. The van der Waals surface area contributed by atoms with Gasteiger partial charge >= 0.3 is 0 Å². The summed E-state index contributed by atoms with van der Waals surface area (Å²) < 4.78 is 5.64. The predicted octanol–water partition coefficient (Wildman–Crippen LogP) is 5.16. The lowest BCUT2D eigenvalue weighted by atomic mass is 10.1. The van der Waals surface area contributed by atoms with Crippen molar-refractivity contribution >= 4 is 0 Å². The van der Waals surface area contributed by atoms with Crippen molar-refractivity contribution in [1.29, 1.82) is 0 Å². The van der Waals surface area contributed by atoms with E-state index in [1.807, 2.05) is 6.07 Å². The average molecular weight is 247 g/mol. The van der Waals surface area contributed by atoms with Crippen LogP contribution in [0.3, 0.4) is 0 Å². The molecule has 1 aromatic rings. The summed E-state index contributed by atoms with van der Waals surface area (Å²) in [4.78, 5) is 0. The molecule has 1 aromatic carbocycles. The molecule has 0 aliphatic heterocycles. The second-order valence-corrected chi connectivity index (χ2v) is 4.82. The van der Waals surface area contributed by atoms with Crippen LogP contribution in [0.1, 0.15) is 57.4 Å². The first-order chi connectivity index (χ1) is 8.93. The molecule has 0 spiro atoms. The molecule has 0 aliphatic rings. The highest BCUT2D eigenvalue weighted by Gasteiger charge is 1.94. The molecule has 1 radical (unpaired) electrons. The number of unbranched alkanes of at least 4 members (excludes halogenated alkanes) is 7. The minimum Gasteiger partial charge on any atom is -0.377 e. The quantitative estimate of drug-likeness (QED) is 0.491. The van der Waals surface area contributed by atoms with Gasteiger partial charge in [0.2, 0.25) is 0 Å². The van der Waals surface area contributed by atoms with Crippen molar-refractivity contribution < 1.29 is 4.74 Å². The normalized spacial score (nSPS) is 10.7. The smallest absolute Gasteiger partial charge is 0.0716 e. The third-order valence-corrected chi connectivity index (χ3v) is 3.07. The highest BCUT2D eigenvalue weighted by Crippen LogP contribution is 2.08. The van der Waals surface area contributed by atoms with E-state index in [2.05, 4.69) is 37.6 Å². The van der Waals surface area contributed by atoms with Crippen LogP contribution in [0.4, 0.5) is 0 Å². The number of benzene rings is 1.